The molecule has 0 aliphatic heterocycles. The van der Waals surface area contributed by atoms with Crippen molar-refractivity contribution in [2.75, 3.05) is 0 Å². The number of amides is 2. The van der Waals surface area contributed by atoms with Gasteiger partial charge in [0, 0.05) is 0 Å². The van der Waals surface area contributed by atoms with Crippen LogP contribution in [0.3, 0.4) is 0 Å². The first-order chi connectivity index (χ1) is 9.33. The number of nitrogens with one attached hydrogen (secondary N) is 1. The van der Waals surface area contributed by atoms with Crippen LogP contribution in [0.1, 0.15) is 30.6 Å². The van der Waals surface area contributed by atoms with Crippen LogP contribution >= 0.6 is 23.2 Å². The summed E-state index contributed by atoms with van der Waals surface area (Å²) < 4.78 is 5.02. The third-order valence-electron chi connectivity index (χ3n) is 2.70. The van der Waals surface area contributed by atoms with Crippen LogP contribution in [0, 0.1) is 12.3 Å². The second-order valence-corrected chi connectivity index (χ2v) is 4.98. The van der Waals surface area contributed by atoms with Crippen LogP contribution in [-0.2, 0) is 4.74 Å². The molecular weight excluding hydrogens is 301 g/mol. The lowest BCUT2D eigenvalue weighted by Gasteiger charge is -2.22. The Balaban J connectivity index is 2.82. The van der Waals surface area contributed by atoms with Crippen molar-refractivity contribution in [1.29, 1.82) is 0 Å². The maximum atomic E-state index is 11.9. The van der Waals surface area contributed by atoms with Crippen LogP contribution < -0.4 is 5.32 Å². The average Bonchev–Trinajstić information content (AvgIpc) is 2.38. The van der Waals surface area contributed by atoms with Crippen LogP contribution in [0.25, 0.3) is 0 Å². The van der Waals surface area contributed by atoms with Crippen molar-refractivity contribution in [1.82, 2.24) is 5.32 Å². The molecule has 1 N–H and O–H groups in total. The highest BCUT2D eigenvalue weighted by Gasteiger charge is 2.26. The molecular formula is C14H13Cl2NO3. The first-order valence-corrected chi connectivity index (χ1v) is 6.54. The quantitative estimate of drug-likeness (QED) is 0.866. The van der Waals surface area contributed by atoms with Crippen molar-refractivity contribution >= 4 is 35.2 Å². The highest BCUT2D eigenvalue weighted by Crippen LogP contribution is 2.24. The number of ether oxygens (including phenoxy) is 1. The van der Waals surface area contributed by atoms with Crippen LogP contribution in [-0.4, -0.2) is 17.6 Å². The fraction of sp³-hybridized carbons (Fsp3) is 0.286. The fourth-order valence-corrected chi connectivity index (χ4v) is 1.87. The molecule has 1 atom stereocenters. The zero-order valence-corrected chi connectivity index (χ0v) is 12.5. The van der Waals surface area contributed by atoms with Gasteiger partial charge in [-0.05, 0) is 25.5 Å². The van der Waals surface area contributed by atoms with E-state index in [1.165, 1.54) is 12.1 Å². The molecule has 2 amide bonds. The molecule has 106 valence electrons. The van der Waals surface area contributed by atoms with Gasteiger partial charge in [-0.15, -0.1) is 6.42 Å². The SMILES string of the molecule is C#C[C@](C)(CC)OC(=O)NC(=O)c1c(Cl)cccc1Cl. The molecule has 0 bridgehead atoms. The monoisotopic (exact) mass is 313 g/mol. The Morgan fingerprint density at radius 2 is 1.95 bits per heavy atom. The highest BCUT2D eigenvalue weighted by atomic mass is 35.5. The van der Waals surface area contributed by atoms with Crippen LogP contribution in [0.5, 0.6) is 0 Å². The topological polar surface area (TPSA) is 55.4 Å². The number of hydrogen-bond acceptors (Lipinski definition) is 3. The number of rotatable bonds is 3. The molecule has 0 heterocycles. The Morgan fingerprint density at radius 3 is 2.40 bits per heavy atom. The lowest BCUT2D eigenvalue weighted by Crippen LogP contribution is -2.38. The minimum absolute atomic E-state index is 0.00620. The van der Waals surface area contributed by atoms with Gasteiger partial charge in [0.1, 0.15) is 0 Å². The normalized spacial score (nSPS) is 12.9. The van der Waals surface area contributed by atoms with Crippen LogP contribution in [0.4, 0.5) is 4.79 Å². The van der Waals surface area contributed by atoms with E-state index >= 15 is 0 Å². The van der Waals surface area contributed by atoms with E-state index in [4.69, 9.17) is 34.4 Å². The maximum absolute atomic E-state index is 11.9. The van der Waals surface area contributed by atoms with Gasteiger partial charge in [-0.2, -0.15) is 0 Å². The molecule has 0 fully saturated rings. The maximum Gasteiger partial charge on any atom is 0.415 e. The number of halogens is 2. The molecule has 1 aromatic carbocycles. The lowest BCUT2D eigenvalue weighted by molar-refractivity contribution is 0.0602. The van der Waals surface area contributed by atoms with Crippen molar-refractivity contribution in [2.45, 2.75) is 25.9 Å². The van der Waals surface area contributed by atoms with Gasteiger partial charge >= 0.3 is 6.09 Å². The van der Waals surface area contributed by atoms with E-state index in [2.05, 4.69) is 5.92 Å². The molecule has 20 heavy (non-hydrogen) atoms. The summed E-state index contributed by atoms with van der Waals surface area (Å²) in [4.78, 5) is 23.6. The molecule has 0 aromatic heterocycles. The molecule has 6 heteroatoms. The number of benzene rings is 1. The van der Waals surface area contributed by atoms with Crippen molar-refractivity contribution in [2.24, 2.45) is 0 Å². The molecule has 0 aliphatic carbocycles. The number of imide groups is 1. The Morgan fingerprint density at radius 1 is 1.40 bits per heavy atom. The summed E-state index contributed by atoms with van der Waals surface area (Å²) in [5.41, 5.74) is -1.07. The summed E-state index contributed by atoms with van der Waals surface area (Å²) in [7, 11) is 0. The number of carbonyl (C=O) groups excluding carboxylic acids is 2. The summed E-state index contributed by atoms with van der Waals surface area (Å²) >= 11 is 11.7. The zero-order chi connectivity index (χ0) is 15.3. The summed E-state index contributed by atoms with van der Waals surface area (Å²) in [6.07, 6.45) is 4.74. The van der Waals surface area contributed by atoms with Crippen LogP contribution in [0.2, 0.25) is 10.0 Å². The van der Waals surface area contributed by atoms with Gasteiger partial charge in [0.2, 0.25) is 0 Å². The first kappa shape index (κ1) is 16.4. The van der Waals surface area contributed by atoms with E-state index < -0.39 is 17.6 Å². The number of alkyl carbamates (subject to hydrolysis) is 1. The minimum atomic E-state index is -1.07. The van der Waals surface area contributed by atoms with E-state index in [0.717, 1.165) is 0 Å². The van der Waals surface area contributed by atoms with Crippen molar-refractivity contribution in [3.63, 3.8) is 0 Å². The Hall–Kier alpha value is -1.70. The average molecular weight is 314 g/mol. The van der Waals surface area contributed by atoms with Crippen molar-refractivity contribution < 1.29 is 14.3 Å². The molecule has 4 nitrogen and oxygen atoms in total. The van der Waals surface area contributed by atoms with Gasteiger partial charge in [-0.3, -0.25) is 10.1 Å². The van der Waals surface area contributed by atoms with E-state index in [9.17, 15) is 9.59 Å². The first-order valence-electron chi connectivity index (χ1n) is 5.79. The number of terminal acetylenes is 1. The molecule has 1 aromatic rings. The summed E-state index contributed by atoms with van der Waals surface area (Å²) in [6.45, 7) is 3.33. The molecule has 0 spiro atoms. The fourth-order valence-electron chi connectivity index (χ4n) is 1.30. The molecule has 0 radical (unpaired) electrons. The van der Waals surface area contributed by atoms with Gasteiger partial charge in [0.15, 0.2) is 5.60 Å². The van der Waals surface area contributed by atoms with Gasteiger partial charge in [-0.25, -0.2) is 4.79 Å². The summed E-state index contributed by atoms with van der Waals surface area (Å²) in [5, 5.41) is 2.31. The minimum Gasteiger partial charge on any atom is -0.430 e. The number of hydrogen-bond donors (Lipinski definition) is 1. The number of carbonyl (C=O) groups is 2. The third-order valence-corrected chi connectivity index (χ3v) is 3.33. The standard InChI is InChI=1S/C14H13Cl2NO3/c1-4-14(3,5-2)20-13(19)17-12(18)11-9(15)7-6-8-10(11)16/h1,6-8H,5H2,2-3H3,(H,17,18,19)/t14-/m1/s1. The van der Waals surface area contributed by atoms with Crippen molar-refractivity contribution in [3.05, 3.63) is 33.8 Å². The largest absolute Gasteiger partial charge is 0.430 e. The molecule has 0 saturated carbocycles. The summed E-state index contributed by atoms with van der Waals surface area (Å²) in [5.74, 6) is 1.60. The molecule has 0 aliphatic rings. The van der Waals surface area contributed by atoms with Gasteiger partial charge < -0.3 is 4.74 Å². The second-order valence-electron chi connectivity index (χ2n) is 4.17. The predicted octanol–water partition coefficient (Wildman–Crippen LogP) is 3.66. The van der Waals surface area contributed by atoms with E-state index in [0.29, 0.717) is 6.42 Å². The van der Waals surface area contributed by atoms with E-state index in [-0.39, 0.29) is 15.6 Å². The molecule has 0 unspecified atom stereocenters. The second kappa shape index (κ2) is 6.65. The third kappa shape index (κ3) is 3.89. The Bertz CT molecular complexity index is 560. The Labute approximate surface area is 127 Å². The van der Waals surface area contributed by atoms with E-state index in [1.54, 1.807) is 19.9 Å². The molecule has 1 rings (SSSR count). The van der Waals surface area contributed by atoms with Crippen molar-refractivity contribution in [3.8, 4) is 12.3 Å². The van der Waals surface area contributed by atoms with Gasteiger partial charge in [0.25, 0.3) is 5.91 Å². The van der Waals surface area contributed by atoms with Crippen LogP contribution in [0.15, 0.2) is 18.2 Å². The Kier molecular flexibility index (Phi) is 5.43. The summed E-state index contributed by atoms with van der Waals surface area (Å²) in [6, 6.07) is 4.57. The zero-order valence-electron chi connectivity index (χ0n) is 11.0. The van der Waals surface area contributed by atoms with Gasteiger partial charge in [0.05, 0.1) is 15.6 Å². The van der Waals surface area contributed by atoms with E-state index in [1.807, 2.05) is 5.32 Å². The van der Waals surface area contributed by atoms with Gasteiger partial charge in [-0.1, -0.05) is 42.1 Å². The molecule has 0 saturated heterocycles. The lowest BCUT2D eigenvalue weighted by atomic mass is 10.1. The highest BCUT2D eigenvalue weighted by molar-refractivity contribution is 6.40. The predicted molar refractivity (Wildman–Crippen MR) is 77.9 cm³/mol. The smallest absolute Gasteiger partial charge is 0.415 e.